The fraction of sp³-hybridized carbons (Fsp3) is 0.830. The summed E-state index contributed by atoms with van der Waals surface area (Å²) in [4.78, 5) is 37.9. The summed E-state index contributed by atoms with van der Waals surface area (Å²) in [7, 11) is 0. The van der Waals surface area contributed by atoms with E-state index in [2.05, 4.69) is 57.2 Å². The molecule has 0 aromatic heterocycles. The highest BCUT2D eigenvalue weighted by Gasteiger charge is 2.19. The molecule has 0 N–H and O–H groups in total. The molecule has 0 aliphatic carbocycles. The highest BCUT2D eigenvalue weighted by Crippen LogP contribution is 2.14. The fourth-order valence-corrected chi connectivity index (χ4v) is 7.19. The van der Waals surface area contributed by atoms with Crippen LogP contribution in [0, 0.1) is 0 Å². The SMILES string of the molecule is CCCCC/C=C\CCCCCCCC(=O)OC[C@H](COC(=O)CCCCCCC/C=C\CCCCCCCC)OC(=O)CCCCCCC/C=C\CCCCCCC. The second kappa shape index (κ2) is 48.3. The maximum absolute atomic E-state index is 12.8. The number of carbonyl (C=O) groups excluding carboxylic acids is 3. The van der Waals surface area contributed by atoms with Gasteiger partial charge in [0.2, 0.25) is 0 Å². The van der Waals surface area contributed by atoms with Crippen LogP contribution in [0.2, 0.25) is 0 Å². The Balaban J connectivity index is 4.39. The third kappa shape index (κ3) is 46.5. The van der Waals surface area contributed by atoms with Crippen molar-refractivity contribution < 1.29 is 28.6 Å². The van der Waals surface area contributed by atoms with Gasteiger partial charge in [-0.2, -0.15) is 0 Å². The Morgan fingerprint density at radius 3 is 0.881 bits per heavy atom. The van der Waals surface area contributed by atoms with Gasteiger partial charge in [0.15, 0.2) is 6.10 Å². The van der Waals surface area contributed by atoms with Crippen molar-refractivity contribution in [2.24, 2.45) is 0 Å². The monoisotopic (exact) mass is 829 g/mol. The lowest BCUT2D eigenvalue weighted by atomic mass is 10.1. The van der Waals surface area contributed by atoms with Crippen molar-refractivity contribution in [2.75, 3.05) is 13.2 Å². The number of carbonyl (C=O) groups is 3. The average Bonchev–Trinajstić information content (AvgIpc) is 3.23. The van der Waals surface area contributed by atoms with E-state index >= 15 is 0 Å². The van der Waals surface area contributed by atoms with Crippen LogP contribution in [0.15, 0.2) is 36.5 Å². The van der Waals surface area contributed by atoms with Crippen LogP contribution in [0.1, 0.15) is 265 Å². The standard InChI is InChI=1S/C53H96O6/c1-4-7-10-13-16-19-22-25-27-29-31-34-37-40-43-46-52(55)58-49-50(48-57-51(54)45-42-39-36-33-30-24-21-18-15-12-9-6-3)59-53(56)47-44-41-38-35-32-28-26-23-20-17-14-11-8-5-2/h18,21,23,25-27,50H,4-17,19-20,22,24,28-49H2,1-3H3/b21-18-,26-23-,27-25-/t50-/m1/s1. The topological polar surface area (TPSA) is 78.9 Å². The zero-order valence-corrected chi connectivity index (χ0v) is 39.3. The molecule has 6 heteroatoms. The summed E-state index contributed by atoms with van der Waals surface area (Å²) in [5, 5.41) is 0. The molecule has 0 radical (unpaired) electrons. The lowest BCUT2D eigenvalue weighted by Gasteiger charge is -2.18. The minimum absolute atomic E-state index is 0.0811. The molecule has 0 fully saturated rings. The van der Waals surface area contributed by atoms with Crippen LogP contribution in [-0.4, -0.2) is 37.2 Å². The van der Waals surface area contributed by atoms with E-state index in [1.807, 2.05) is 0 Å². The number of esters is 3. The molecule has 59 heavy (non-hydrogen) atoms. The number of rotatable bonds is 46. The minimum atomic E-state index is -0.780. The predicted octanol–water partition coefficient (Wildman–Crippen LogP) is 16.5. The molecule has 0 unspecified atom stereocenters. The maximum atomic E-state index is 12.8. The third-order valence-corrected chi connectivity index (χ3v) is 11.1. The molecule has 0 saturated heterocycles. The molecule has 0 amide bonds. The van der Waals surface area contributed by atoms with Gasteiger partial charge in [-0.15, -0.1) is 0 Å². The number of allylic oxidation sites excluding steroid dienone is 6. The predicted molar refractivity (Wildman–Crippen MR) is 252 cm³/mol. The first-order valence-electron chi connectivity index (χ1n) is 25.5. The van der Waals surface area contributed by atoms with Gasteiger partial charge in [0.1, 0.15) is 13.2 Å². The summed E-state index contributed by atoms with van der Waals surface area (Å²) >= 11 is 0. The Morgan fingerprint density at radius 2 is 0.559 bits per heavy atom. The summed E-state index contributed by atoms with van der Waals surface area (Å²) in [5.41, 5.74) is 0. The summed E-state index contributed by atoms with van der Waals surface area (Å²) in [6.45, 7) is 6.59. The van der Waals surface area contributed by atoms with Crippen LogP contribution in [0.4, 0.5) is 0 Å². The molecule has 0 saturated carbocycles. The minimum Gasteiger partial charge on any atom is -0.462 e. The van der Waals surface area contributed by atoms with Crippen LogP contribution in [0.25, 0.3) is 0 Å². The molecule has 6 nitrogen and oxygen atoms in total. The zero-order valence-electron chi connectivity index (χ0n) is 39.3. The summed E-state index contributed by atoms with van der Waals surface area (Å²) in [6, 6.07) is 0. The number of unbranched alkanes of at least 4 members (excludes halogenated alkanes) is 29. The molecule has 0 aliphatic heterocycles. The lowest BCUT2D eigenvalue weighted by molar-refractivity contribution is -0.167. The van der Waals surface area contributed by atoms with Gasteiger partial charge in [-0.05, 0) is 96.3 Å². The molecule has 0 heterocycles. The lowest BCUT2D eigenvalue weighted by Crippen LogP contribution is -2.30. The van der Waals surface area contributed by atoms with E-state index in [0.29, 0.717) is 19.3 Å². The normalized spacial score (nSPS) is 12.3. The maximum Gasteiger partial charge on any atom is 0.306 e. The van der Waals surface area contributed by atoms with E-state index in [1.165, 1.54) is 141 Å². The van der Waals surface area contributed by atoms with Crippen molar-refractivity contribution in [2.45, 2.75) is 271 Å². The van der Waals surface area contributed by atoms with Gasteiger partial charge in [0, 0.05) is 19.3 Å². The van der Waals surface area contributed by atoms with Crippen LogP contribution in [0.5, 0.6) is 0 Å². The van der Waals surface area contributed by atoms with Crippen molar-refractivity contribution in [3.8, 4) is 0 Å². The van der Waals surface area contributed by atoms with E-state index in [0.717, 1.165) is 83.5 Å². The molecule has 0 aromatic rings. The van der Waals surface area contributed by atoms with Gasteiger partial charge >= 0.3 is 17.9 Å². The first-order chi connectivity index (χ1) is 29.0. The van der Waals surface area contributed by atoms with Gasteiger partial charge in [-0.25, -0.2) is 0 Å². The molecule has 0 bridgehead atoms. The Labute approximate surface area is 365 Å². The Bertz CT molecular complexity index is 1000. The van der Waals surface area contributed by atoms with Crippen LogP contribution >= 0.6 is 0 Å². The van der Waals surface area contributed by atoms with E-state index in [-0.39, 0.29) is 31.1 Å². The van der Waals surface area contributed by atoms with Crippen LogP contribution in [0.3, 0.4) is 0 Å². The molecule has 0 rings (SSSR count). The number of hydrogen-bond donors (Lipinski definition) is 0. The first-order valence-corrected chi connectivity index (χ1v) is 25.5. The van der Waals surface area contributed by atoms with E-state index in [4.69, 9.17) is 14.2 Å². The van der Waals surface area contributed by atoms with E-state index in [1.54, 1.807) is 0 Å². The number of ether oxygens (including phenoxy) is 3. The number of hydrogen-bond acceptors (Lipinski definition) is 6. The second-order valence-electron chi connectivity index (χ2n) is 17.1. The fourth-order valence-electron chi connectivity index (χ4n) is 7.19. The van der Waals surface area contributed by atoms with E-state index < -0.39 is 6.10 Å². The summed E-state index contributed by atoms with van der Waals surface area (Å²) in [6.07, 6.45) is 55.5. The van der Waals surface area contributed by atoms with Gasteiger partial charge in [-0.1, -0.05) is 186 Å². The quantitative estimate of drug-likeness (QED) is 0.0263. The van der Waals surface area contributed by atoms with Crippen LogP contribution < -0.4 is 0 Å². The molecule has 0 spiro atoms. The van der Waals surface area contributed by atoms with Gasteiger partial charge in [0.05, 0.1) is 0 Å². The molecular weight excluding hydrogens is 733 g/mol. The third-order valence-electron chi connectivity index (χ3n) is 11.1. The molecule has 1 atom stereocenters. The highest BCUT2D eigenvalue weighted by molar-refractivity contribution is 5.71. The van der Waals surface area contributed by atoms with Crippen LogP contribution in [-0.2, 0) is 28.6 Å². The van der Waals surface area contributed by atoms with Crippen molar-refractivity contribution >= 4 is 17.9 Å². The average molecular weight is 829 g/mol. The Kier molecular flexibility index (Phi) is 46.4. The smallest absolute Gasteiger partial charge is 0.306 e. The molecule has 0 aliphatic rings. The molecule has 344 valence electrons. The molecule has 0 aromatic carbocycles. The van der Waals surface area contributed by atoms with Gasteiger partial charge in [0.25, 0.3) is 0 Å². The molecular formula is C53H96O6. The Morgan fingerprint density at radius 1 is 0.322 bits per heavy atom. The van der Waals surface area contributed by atoms with Crippen molar-refractivity contribution in [3.63, 3.8) is 0 Å². The summed E-state index contributed by atoms with van der Waals surface area (Å²) in [5.74, 6) is -0.900. The zero-order chi connectivity index (χ0) is 43.0. The van der Waals surface area contributed by atoms with Crippen molar-refractivity contribution in [1.29, 1.82) is 0 Å². The second-order valence-corrected chi connectivity index (χ2v) is 17.1. The van der Waals surface area contributed by atoms with Gasteiger partial charge in [-0.3, -0.25) is 14.4 Å². The van der Waals surface area contributed by atoms with E-state index in [9.17, 15) is 14.4 Å². The van der Waals surface area contributed by atoms with Crippen molar-refractivity contribution in [3.05, 3.63) is 36.5 Å². The Hall–Kier alpha value is -2.37. The largest absolute Gasteiger partial charge is 0.462 e. The summed E-state index contributed by atoms with van der Waals surface area (Å²) < 4.78 is 16.8. The van der Waals surface area contributed by atoms with Crippen molar-refractivity contribution in [1.82, 2.24) is 0 Å². The highest BCUT2D eigenvalue weighted by atomic mass is 16.6. The van der Waals surface area contributed by atoms with Gasteiger partial charge < -0.3 is 14.2 Å². The first kappa shape index (κ1) is 56.6.